The van der Waals surface area contributed by atoms with Gasteiger partial charge in [0.2, 0.25) is 0 Å². The predicted molar refractivity (Wildman–Crippen MR) is 111 cm³/mol. The van der Waals surface area contributed by atoms with Crippen molar-refractivity contribution in [3.8, 4) is 5.75 Å². The minimum absolute atomic E-state index is 0.125. The highest BCUT2D eigenvalue weighted by Gasteiger charge is 2.54. The number of likely N-dealkylation sites (tertiary alicyclic amines) is 2. The SMILES string of the molecule is CCN1CCC2(CC1)NC(=O)N(C1CCCN(C(=O)c3ccccc3OC)C1)C2=O. The molecule has 1 N–H and O–H groups in total. The van der Waals surface area contributed by atoms with Gasteiger partial charge in [-0.2, -0.15) is 0 Å². The number of methoxy groups -OCH3 is 1. The number of ether oxygens (including phenoxy) is 1. The molecule has 0 radical (unpaired) electrons. The molecule has 1 spiro atoms. The molecular formula is C22H30N4O4. The number of para-hydroxylation sites is 1. The predicted octanol–water partition coefficient (Wildman–Crippen LogP) is 1.71. The lowest BCUT2D eigenvalue weighted by Crippen LogP contribution is -2.56. The molecule has 3 fully saturated rings. The lowest BCUT2D eigenvalue weighted by atomic mass is 9.87. The molecule has 8 heteroatoms. The van der Waals surface area contributed by atoms with Gasteiger partial charge in [-0.3, -0.25) is 14.5 Å². The number of carbonyl (C=O) groups excluding carboxylic acids is 3. The lowest BCUT2D eigenvalue weighted by molar-refractivity contribution is -0.135. The van der Waals surface area contributed by atoms with Crippen molar-refractivity contribution < 1.29 is 19.1 Å². The number of hydrogen-bond acceptors (Lipinski definition) is 5. The van der Waals surface area contributed by atoms with E-state index in [-0.39, 0.29) is 23.9 Å². The highest BCUT2D eigenvalue weighted by molar-refractivity contribution is 6.07. The van der Waals surface area contributed by atoms with Crippen molar-refractivity contribution in [2.24, 2.45) is 0 Å². The Hall–Kier alpha value is -2.61. The first-order valence-electron chi connectivity index (χ1n) is 10.8. The maximum absolute atomic E-state index is 13.3. The molecule has 8 nitrogen and oxygen atoms in total. The van der Waals surface area contributed by atoms with E-state index in [4.69, 9.17) is 4.74 Å². The fourth-order valence-electron chi connectivity index (χ4n) is 4.90. The van der Waals surface area contributed by atoms with E-state index in [2.05, 4.69) is 17.1 Å². The molecular weight excluding hydrogens is 384 g/mol. The zero-order chi connectivity index (χ0) is 21.3. The molecule has 0 saturated carbocycles. The van der Waals surface area contributed by atoms with Gasteiger partial charge in [0, 0.05) is 26.2 Å². The molecule has 4 rings (SSSR count). The zero-order valence-electron chi connectivity index (χ0n) is 17.7. The second-order valence-electron chi connectivity index (χ2n) is 8.37. The van der Waals surface area contributed by atoms with E-state index in [0.29, 0.717) is 43.7 Å². The number of rotatable bonds is 4. The second kappa shape index (κ2) is 8.26. The van der Waals surface area contributed by atoms with Gasteiger partial charge in [0.15, 0.2) is 0 Å². The van der Waals surface area contributed by atoms with Gasteiger partial charge in [0.05, 0.1) is 18.7 Å². The summed E-state index contributed by atoms with van der Waals surface area (Å²) in [7, 11) is 1.54. The van der Waals surface area contributed by atoms with Gasteiger partial charge < -0.3 is 19.9 Å². The number of nitrogens with zero attached hydrogens (tertiary/aromatic N) is 3. The summed E-state index contributed by atoms with van der Waals surface area (Å²) >= 11 is 0. The van der Waals surface area contributed by atoms with E-state index in [1.807, 2.05) is 6.07 Å². The fraction of sp³-hybridized carbons (Fsp3) is 0.591. The number of hydrogen-bond donors (Lipinski definition) is 1. The number of piperidine rings is 2. The van der Waals surface area contributed by atoms with Crippen LogP contribution in [0.3, 0.4) is 0 Å². The van der Waals surface area contributed by atoms with Crippen LogP contribution in [-0.2, 0) is 4.79 Å². The van der Waals surface area contributed by atoms with Crippen molar-refractivity contribution in [1.29, 1.82) is 0 Å². The topological polar surface area (TPSA) is 82.2 Å². The quantitative estimate of drug-likeness (QED) is 0.759. The maximum atomic E-state index is 13.3. The number of nitrogens with one attached hydrogen (secondary N) is 1. The van der Waals surface area contributed by atoms with E-state index < -0.39 is 5.54 Å². The van der Waals surface area contributed by atoms with Crippen molar-refractivity contribution in [1.82, 2.24) is 20.0 Å². The molecule has 3 aliphatic heterocycles. The minimum atomic E-state index is -0.780. The van der Waals surface area contributed by atoms with Gasteiger partial charge in [-0.1, -0.05) is 19.1 Å². The van der Waals surface area contributed by atoms with Crippen LogP contribution >= 0.6 is 0 Å². The summed E-state index contributed by atoms with van der Waals surface area (Å²) in [6, 6.07) is 6.52. The maximum Gasteiger partial charge on any atom is 0.325 e. The summed E-state index contributed by atoms with van der Waals surface area (Å²) in [5.74, 6) is 0.274. The fourth-order valence-corrected chi connectivity index (χ4v) is 4.90. The van der Waals surface area contributed by atoms with E-state index >= 15 is 0 Å². The highest BCUT2D eigenvalue weighted by Crippen LogP contribution is 2.32. The molecule has 30 heavy (non-hydrogen) atoms. The van der Waals surface area contributed by atoms with E-state index in [1.54, 1.807) is 30.2 Å². The van der Waals surface area contributed by atoms with Crippen molar-refractivity contribution in [3.05, 3.63) is 29.8 Å². The number of benzene rings is 1. The Bertz CT molecular complexity index is 834. The Morgan fingerprint density at radius 1 is 1.20 bits per heavy atom. The number of carbonyl (C=O) groups is 3. The largest absolute Gasteiger partial charge is 0.496 e. The van der Waals surface area contributed by atoms with Gasteiger partial charge in [-0.25, -0.2) is 4.79 Å². The third-order valence-corrected chi connectivity index (χ3v) is 6.74. The lowest BCUT2D eigenvalue weighted by Gasteiger charge is -2.39. The first-order valence-corrected chi connectivity index (χ1v) is 10.8. The molecule has 0 aromatic heterocycles. The monoisotopic (exact) mass is 414 g/mol. The van der Waals surface area contributed by atoms with Crippen molar-refractivity contribution >= 4 is 17.8 Å². The molecule has 1 unspecified atom stereocenters. The van der Waals surface area contributed by atoms with Gasteiger partial charge in [-0.05, 0) is 44.4 Å². The van der Waals surface area contributed by atoms with Crippen molar-refractivity contribution in [2.45, 2.75) is 44.2 Å². The van der Waals surface area contributed by atoms with Crippen LogP contribution in [0, 0.1) is 0 Å². The smallest absolute Gasteiger partial charge is 0.325 e. The van der Waals surface area contributed by atoms with Crippen LogP contribution in [0.15, 0.2) is 24.3 Å². The van der Waals surface area contributed by atoms with E-state index in [0.717, 1.165) is 26.1 Å². The summed E-state index contributed by atoms with van der Waals surface area (Å²) in [5, 5.41) is 2.99. The van der Waals surface area contributed by atoms with E-state index in [9.17, 15) is 14.4 Å². The second-order valence-corrected chi connectivity index (χ2v) is 8.37. The van der Waals surface area contributed by atoms with Crippen LogP contribution < -0.4 is 10.1 Å². The third kappa shape index (κ3) is 3.53. The third-order valence-electron chi connectivity index (χ3n) is 6.74. The Balaban J connectivity index is 1.49. The number of urea groups is 1. The Kier molecular flexibility index (Phi) is 5.69. The van der Waals surface area contributed by atoms with Crippen LogP contribution in [0.5, 0.6) is 5.75 Å². The number of amides is 4. The molecule has 3 heterocycles. The molecule has 3 saturated heterocycles. The summed E-state index contributed by atoms with van der Waals surface area (Å²) in [6.45, 7) is 5.62. The minimum Gasteiger partial charge on any atom is -0.496 e. The van der Waals surface area contributed by atoms with Crippen LogP contribution in [0.2, 0.25) is 0 Å². The Morgan fingerprint density at radius 2 is 1.93 bits per heavy atom. The van der Waals surface area contributed by atoms with Crippen LogP contribution in [0.4, 0.5) is 4.79 Å². The van der Waals surface area contributed by atoms with E-state index in [1.165, 1.54) is 4.90 Å². The van der Waals surface area contributed by atoms with Gasteiger partial charge in [0.25, 0.3) is 11.8 Å². The zero-order valence-corrected chi connectivity index (χ0v) is 17.7. The first-order chi connectivity index (χ1) is 14.5. The van der Waals surface area contributed by atoms with Gasteiger partial charge in [0.1, 0.15) is 11.3 Å². The van der Waals surface area contributed by atoms with Crippen molar-refractivity contribution in [2.75, 3.05) is 39.8 Å². The normalized spacial score (nSPS) is 24.3. The molecule has 4 amide bonds. The number of imide groups is 1. The summed E-state index contributed by atoms with van der Waals surface area (Å²) in [4.78, 5) is 44.7. The van der Waals surface area contributed by atoms with Crippen LogP contribution in [-0.4, -0.2) is 84.0 Å². The average molecular weight is 415 g/mol. The Labute approximate surface area is 177 Å². The molecule has 0 bridgehead atoms. The van der Waals surface area contributed by atoms with Crippen LogP contribution in [0.25, 0.3) is 0 Å². The Morgan fingerprint density at radius 3 is 2.63 bits per heavy atom. The summed E-state index contributed by atoms with van der Waals surface area (Å²) < 4.78 is 5.33. The molecule has 0 aliphatic carbocycles. The molecule has 162 valence electrons. The molecule has 1 aromatic rings. The van der Waals surface area contributed by atoms with Gasteiger partial charge in [-0.15, -0.1) is 0 Å². The van der Waals surface area contributed by atoms with Gasteiger partial charge >= 0.3 is 6.03 Å². The summed E-state index contributed by atoms with van der Waals surface area (Å²) in [6.07, 6.45) is 2.74. The molecule has 3 aliphatic rings. The van der Waals surface area contributed by atoms with Crippen LogP contribution in [0.1, 0.15) is 43.0 Å². The molecule has 1 aromatic carbocycles. The first kappa shape index (κ1) is 20.7. The van der Waals surface area contributed by atoms with Crippen molar-refractivity contribution in [3.63, 3.8) is 0 Å². The standard InChI is InChI=1S/C22H30N4O4/c1-3-24-13-10-22(11-14-24)20(28)26(21(29)23-22)16-7-6-12-25(15-16)19(27)17-8-4-5-9-18(17)30-2/h4-5,8-9,16H,3,6-7,10-15H2,1-2H3,(H,23,29). The summed E-state index contributed by atoms with van der Waals surface area (Å²) in [5.41, 5.74) is -0.279. The molecule has 1 atom stereocenters. The highest BCUT2D eigenvalue weighted by atomic mass is 16.5. The average Bonchev–Trinajstić information content (AvgIpc) is 3.02.